The van der Waals surface area contributed by atoms with Crippen molar-refractivity contribution in [3.63, 3.8) is 0 Å². The van der Waals surface area contributed by atoms with Crippen LogP contribution in [0, 0.1) is 5.41 Å². The number of hydrogen-bond acceptors (Lipinski definition) is 4. The first-order valence-electron chi connectivity index (χ1n) is 5.12. The van der Waals surface area contributed by atoms with Crippen LogP contribution in [-0.2, 0) is 9.53 Å². The number of carbonyl (C=O) groups is 2. The Labute approximate surface area is 94.3 Å². The average molecular weight is 230 g/mol. The minimum absolute atomic E-state index is 0.0294. The molecule has 0 aromatic carbocycles. The average Bonchev–Trinajstić information content (AvgIpc) is 1.98. The van der Waals surface area contributed by atoms with Gasteiger partial charge in [-0.3, -0.25) is 4.79 Å². The molecule has 0 atom stereocenters. The number of amides is 1. The zero-order chi connectivity index (χ0) is 12.6. The third-order valence-corrected chi connectivity index (χ3v) is 2.48. The molecule has 0 aliphatic carbocycles. The van der Waals surface area contributed by atoms with Crippen LogP contribution >= 0.6 is 0 Å². The van der Waals surface area contributed by atoms with Crippen LogP contribution < -0.4 is 5.73 Å². The molecule has 1 saturated heterocycles. The van der Waals surface area contributed by atoms with Gasteiger partial charge in [0.05, 0.1) is 0 Å². The Bertz CT molecular complexity index is 302. The Kier molecular flexibility index (Phi) is 3.14. The van der Waals surface area contributed by atoms with Gasteiger partial charge in [-0.25, -0.2) is 4.79 Å². The molecule has 3 N–H and O–H groups in total. The highest BCUT2D eigenvalue weighted by Crippen LogP contribution is 2.30. The molecule has 1 rings (SSSR count). The van der Waals surface area contributed by atoms with E-state index in [1.54, 1.807) is 20.8 Å². The van der Waals surface area contributed by atoms with Crippen molar-refractivity contribution < 1.29 is 19.4 Å². The number of carboxylic acids is 1. The van der Waals surface area contributed by atoms with Crippen molar-refractivity contribution in [2.45, 2.75) is 26.4 Å². The lowest BCUT2D eigenvalue weighted by Crippen LogP contribution is -2.65. The SMILES string of the molecule is CC(C)(C)OC(=O)N1CC(CN)(C(=O)O)C1. The largest absolute Gasteiger partial charge is 0.481 e. The van der Waals surface area contributed by atoms with Crippen molar-refractivity contribution in [1.82, 2.24) is 4.90 Å². The Hall–Kier alpha value is -1.30. The molecule has 16 heavy (non-hydrogen) atoms. The lowest BCUT2D eigenvalue weighted by molar-refractivity contribution is -0.158. The van der Waals surface area contributed by atoms with Crippen molar-refractivity contribution >= 4 is 12.1 Å². The fourth-order valence-electron chi connectivity index (χ4n) is 1.49. The lowest BCUT2D eigenvalue weighted by atomic mass is 9.80. The molecular formula is C10H18N2O4. The number of carbonyl (C=O) groups excluding carboxylic acids is 1. The maximum absolute atomic E-state index is 11.5. The number of likely N-dealkylation sites (tertiary alicyclic amines) is 1. The van der Waals surface area contributed by atoms with Crippen LogP contribution in [-0.4, -0.2) is 47.3 Å². The van der Waals surface area contributed by atoms with E-state index < -0.39 is 23.1 Å². The molecule has 1 heterocycles. The lowest BCUT2D eigenvalue weighted by Gasteiger charge is -2.46. The van der Waals surface area contributed by atoms with Crippen molar-refractivity contribution in [2.75, 3.05) is 19.6 Å². The van der Waals surface area contributed by atoms with Gasteiger partial charge in [0.25, 0.3) is 0 Å². The van der Waals surface area contributed by atoms with Gasteiger partial charge in [0.15, 0.2) is 0 Å². The third-order valence-electron chi connectivity index (χ3n) is 2.48. The van der Waals surface area contributed by atoms with Crippen LogP contribution in [0.3, 0.4) is 0 Å². The molecule has 0 aromatic rings. The molecule has 0 spiro atoms. The monoisotopic (exact) mass is 230 g/mol. The van der Waals surface area contributed by atoms with Gasteiger partial charge in [0.2, 0.25) is 0 Å². The molecule has 6 nitrogen and oxygen atoms in total. The topological polar surface area (TPSA) is 92.9 Å². The van der Waals surface area contributed by atoms with E-state index in [9.17, 15) is 9.59 Å². The molecule has 0 unspecified atom stereocenters. The summed E-state index contributed by atoms with van der Waals surface area (Å²) in [6, 6.07) is 0. The Morgan fingerprint density at radius 2 is 1.94 bits per heavy atom. The highest BCUT2D eigenvalue weighted by molar-refractivity contribution is 5.80. The van der Waals surface area contributed by atoms with E-state index in [0.29, 0.717) is 0 Å². The van der Waals surface area contributed by atoms with Gasteiger partial charge in [0.1, 0.15) is 11.0 Å². The summed E-state index contributed by atoms with van der Waals surface area (Å²) in [6.45, 7) is 5.55. The van der Waals surface area contributed by atoms with E-state index in [1.807, 2.05) is 0 Å². The van der Waals surface area contributed by atoms with Crippen LogP contribution in [0.25, 0.3) is 0 Å². The van der Waals surface area contributed by atoms with Crippen LogP contribution in [0.4, 0.5) is 4.79 Å². The predicted molar refractivity (Wildman–Crippen MR) is 56.9 cm³/mol. The zero-order valence-electron chi connectivity index (χ0n) is 9.82. The summed E-state index contributed by atoms with van der Waals surface area (Å²) >= 11 is 0. The second-order valence-electron chi connectivity index (χ2n) is 5.13. The number of ether oxygens (including phenoxy) is 1. The van der Waals surface area contributed by atoms with Crippen molar-refractivity contribution in [1.29, 1.82) is 0 Å². The fourth-order valence-corrected chi connectivity index (χ4v) is 1.49. The van der Waals surface area contributed by atoms with Crippen molar-refractivity contribution in [2.24, 2.45) is 11.1 Å². The third kappa shape index (κ3) is 2.44. The summed E-state index contributed by atoms with van der Waals surface area (Å²) in [6.07, 6.45) is -0.488. The van der Waals surface area contributed by atoms with E-state index in [-0.39, 0.29) is 19.6 Å². The molecule has 0 bridgehead atoms. The Balaban J connectivity index is 2.52. The van der Waals surface area contributed by atoms with Gasteiger partial charge in [-0.1, -0.05) is 0 Å². The molecule has 1 aliphatic heterocycles. The first-order chi connectivity index (χ1) is 7.20. The van der Waals surface area contributed by atoms with Gasteiger partial charge in [0, 0.05) is 19.6 Å². The van der Waals surface area contributed by atoms with Gasteiger partial charge >= 0.3 is 12.1 Å². The molecule has 1 aliphatic rings. The van der Waals surface area contributed by atoms with Crippen LogP contribution in [0.15, 0.2) is 0 Å². The summed E-state index contributed by atoms with van der Waals surface area (Å²) in [5.74, 6) is -0.963. The van der Waals surface area contributed by atoms with E-state index in [4.69, 9.17) is 15.6 Å². The minimum atomic E-state index is -0.989. The molecule has 6 heteroatoms. The molecule has 92 valence electrons. The van der Waals surface area contributed by atoms with Crippen molar-refractivity contribution in [3.8, 4) is 0 Å². The first kappa shape index (κ1) is 12.8. The second kappa shape index (κ2) is 3.93. The van der Waals surface area contributed by atoms with E-state index in [2.05, 4.69) is 0 Å². The number of carboxylic acid groups (broad SMARTS) is 1. The minimum Gasteiger partial charge on any atom is -0.481 e. The summed E-state index contributed by atoms with van der Waals surface area (Å²) in [5, 5.41) is 8.96. The van der Waals surface area contributed by atoms with E-state index in [0.717, 1.165) is 0 Å². The molecule has 0 saturated carbocycles. The predicted octanol–water partition coefficient (Wildman–Crippen LogP) is 0.267. The van der Waals surface area contributed by atoms with Gasteiger partial charge < -0.3 is 20.5 Å². The molecule has 0 radical (unpaired) electrons. The van der Waals surface area contributed by atoms with Crippen LogP contribution in [0.1, 0.15) is 20.8 Å². The zero-order valence-corrected chi connectivity index (χ0v) is 9.82. The summed E-state index contributed by atoms with van der Waals surface area (Å²) < 4.78 is 5.11. The number of nitrogens with zero attached hydrogens (tertiary/aromatic N) is 1. The standard InChI is InChI=1S/C10H18N2O4/c1-9(2,3)16-8(15)12-5-10(4-11,6-12)7(13)14/h4-6,11H2,1-3H3,(H,13,14). The van der Waals surface area contributed by atoms with Crippen LogP contribution in [0.5, 0.6) is 0 Å². The van der Waals surface area contributed by atoms with Gasteiger partial charge in [-0.05, 0) is 20.8 Å². The number of aliphatic carboxylic acids is 1. The summed E-state index contributed by atoms with van der Waals surface area (Å²) in [7, 11) is 0. The second-order valence-corrected chi connectivity index (χ2v) is 5.13. The quantitative estimate of drug-likeness (QED) is 0.710. The number of nitrogens with two attached hydrogens (primary N) is 1. The van der Waals surface area contributed by atoms with Gasteiger partial charge in [-0.2, -0.15) is 0 Å². The van der Waals surface area contributed by atoms with Crippen molar-refractivity contribution in [3.05, 3.63) is 0 Å². The number of rotatable bonds is 2. The molecular weight excluding hydrogens is 212 g/mol. The van der Waals surface area contributed by atoms with E-state index in [1.165, 1.54) is 4.90 Å². The summed E-state index contributed by atoms with van der Waals surface area (Å²) in [5.41, 5.74) is 3.84. The van der Waals surface area contributed by atoms with Gasteiger partial charge in [-0.15, -0.1) is 0 Å². The molecule has 1 amide bonds. The highest BCUT2D eigenvalue weighted by Gasteiger charge is 2.51. The van der Waals surface area contributed by atoms with Crippen LogP contribution in [0.2, 0.25) is 0 Å². The molecule has 1 fully saturated rings. The smallest absolute Gasteiger partial charge is 0.410 e. The first-order valence-corrected chi connectivity index (χ1v) is 5.12. The fraction of sp³-hybridized carbons (Fsp3) is 0.800. The Morgan fingerprint density at radius 1 is 1.44 bits per heavy atom. The Morgan fingerprint density at radius 3 is 2.25 bits per heavy atom. The summed E-state index contributed by atoms with van der Waals surface area (Å²) in [4.78, 5) is 23.8. The van der Waals surface area contributed by atoms with E-state index >= 15 is 0 Å². The normalized spacial score (nSPS) is 18.9. The number of hydrogen-bond donors (Lipinski definition) is 2. The maximum atomic E-state index is 11.5. The molecule has 0 aromatic heterocycles. The highest BCUT2D eigenvalue weighted by atomic mass is 16.6. The maximum Gasteiger partial charge on any atom is 0.410 e.